The van der Waals surface area contributed by atoms with Crippen LogP contribution in [0.1, 0.15) is 31.9 Å². The van der Waals surface area contributed by atoms with Crippen LogP contribution in [-0.4, -0.2) is 72.9 Å². The summed E-state index contributed by atoms with van der Waals surface area (Å²) in [5, 5.41) is 14.4. The first kappa shape index (κ1) is 23.4. The van der Waals surface area contributed by atoms with Crippen molar-refractivity contribution in [2.75, 3.05) is 25.4 Å². The molecule has 2 aliphatic heterocycles. The Balaban J connectivity index is 1.63. The third-order valence-electron chi connectivity index (χ3n) is 5.52. The van der Waals surface area contributed by atoms with Gasteiger partial charge in [-0.15, -0.1) is 0 Å². The fraction of sp³-hybridized carbons (Fsp3) is 0.647. The molecule has 4 heterocycles. The van der Waals surface area contributed by atoms with E-state index in [0.29, 0.717) is 19.5 Å². The number of hydrogen-bond donors (Lipinski definition) is 5. The minimum atomic E-state index is -3.65. The van der Waals surface area contributed by atoms with Gasteiger partial charge in [-0.25, -0.2) is 15.0 Å². The summed E-state index contributed by atoms with van der Waals surface area (Å²) in [5.41, 5.74) is 9.66. The van der Waals surface area contributed by atoms with Gasteiger partial charge in [0.05, 0.1) is 12.9 Å². The molecule has 0 radical (unpaired) electrons. The van der Waals surface area contributed by atoms with Crippen molar-refractivity contribution in [2.45, 2.75) is 49.7 Å². The van der Waals surface area contributed by atoms with Crippen LogP contribution in [0.4, 0.5) is 5.82 Å². The van der Waals surface area contributed by atoms with Gasteiger partial charge in [-0.3, -0.25) is 13.9 Å². The number of amides is 1. The first-order valence-electron chi connectivity index (χ1n) is 10.2. The summed E-state index contributed by atoms with van der Waals surface area (Å²) in [5.74, 6) is -0.588. The first-order valence-corrected chi connectivity index (χ1v) is 12.8. The molecule has 0 spiro atoms. The number of imidazole rings is 1. The number of unbranched alkanes of at least 4 members (excludes halogenated alkanes) is 3. The number of nitrogens with one attached hydrogen (secondary N) is 1. The number of ether oxygens (including phenoxy) is 1. The number of aromatic nitrogens is 4. The molecule has 2 aromatic rings. The lowest BCUT2D eigenvalue weighted by atomic mass is 9.92. The van der Waals surface area contributed by atoms with Crippen LogP contribution in [0.5, 0.6) is 0 Å². The van der Waals surface area contributed by atoms with Gasteiger partial charge >= 0.3 is 6.72 Å². The highest BCUT2D eigenvalue weighted by Gasteiger charge is 2.65. The van der Waals surface area contributed by atoms with Gasteiger partial charge in [-0.05, 0) is 31.2 Å². The monoisotopic (exact) mass is 487 g/mol. The van der Waals surface area contributed by atoms with Crippen molar-refractivity contribution in [3.05, 3.63) is 12.7 Å². The van der Waals surface area contributed by atoms with Crippen LogP contribution in [0.15, 0.2) is 12.7 Å². The van der Waals surface area contributed by atoms with Gasteiger partial charge in [0, 0.05) is 6.54 Å². The fourth-order valence-corrected chi connectivity index (χ4v) is 5.35. The first-order chi connectivity index (χ1) is 15.3. The molecular weight excluding hydrogens is 461 g/mol. The Kier molecular flexibility index (Phi) is 6.75. The average Bonchev–Trinajstić information content (AvgIpc) is 3.30. The number of hydrogen-bond acceptors (Lipinski definition) is 11. The van der Waals surface area contributed by atoms with Gasteiger partial charge in [-0.1, -0.05) is 12.8 Å². The molecule has 4 rings (SSSR count). The van der Waals surface area contributed by atoms with Gasteiger partial charge in [-0.2, -0.15) is 0 Å². The molecule has 7 N–H and O–H groups in total. The van der Waals surface area contributed by atoms with Crippen LogP contribution in [0.25, 0.3) is 11.2 Å². The smallest absolute Gasteiger partial charge is 0.325 e. The summed E-state index contributed by atoms with van der Waals surface area (Å²) >= 11 is 4.95. The molecule has 0 aliphatic carbocycles. The summed E-state index contributed by atoms with van der Waals surface area (Å²) in [4.78, 5) is 35.7. The van der Waals surface area contributed by atoms with Gasteiger partial charge in [0.1, 0.15) is 24.1 Å². The van der Waals surface area contributed by atoms with Crippen LogP contribution < -0.4 is 16.8 Å². The molecule has 2 aliphatic rings. The molecule has 1 unspecified atom stereocenters. The number of aliphatic hydroxyl groups is 1. The molecular formula is C17H26N7O6PS. The molecule has 2 aromatic heterocycles. The van der Waals surface area contributed by atoms with Crippen molar-refractivity contribution in [2.24, 2.45) is 5.73 Å². The normalized spacial score (nSPS) is 32.2. The van der Waals surface area contributed by atoms with Gasteiger partial charge < -0.3 is 36.0 Å². The molecule has 0 bridgehead atoms. The van der Waals surface area contributed by atoms with E-state index in [2.05, 4.69) is 20.3 Å². The summed E-state index contributed by atoms with van der Waals surface area (Å²) in [7, 11) is 0. The highest BCUT2D eigenvalue weighted by molar-refractivity contribution is 8.07. The molecule has 0 aromatic carbocycles. The van der Waals surface area contributed by atoms with Crippen molar-refractivity contribution < 1.29 is 28.6 Å². The largest absolute Gasteiger partial charge is 0.382 e. The standard InChI is InChI=1S/C17H26N7O6PS/c18-5-3-1-2-4-6-20-15(25)17(26)12-10(7-28-31(27,32)30-12)29-16(17)24-9-23-11-13(19)21-8-22-14(11)24/h8-10,12,16,26H,1-7,18H2,(H,20,25)(H,27,32)(H2,19,21,22)/t10-,12-,16-,17+,31?/m1/s1. The van der Waals surface area contributed by atoms with E-state index in [4.69, 9.17) is 37.1 Å². The predicted octanol–water partition coefficient (Wildman–Crippen LogP) is -0.695. The van der Waals surface area contributed by atoms with Crippen molar-refractivity contribution in [3.8, 4) is 0 Å². The lowest BCUT2D eigenvalue weighted by Gasteiger charge is -2.36. The molecule has 5 atom stereocenters. The third-order valence-corrected chi connectivity index (χ3v) is 7.06. The minimum Gasteiger partial charge on any atom is -0.382 e. The molecule has 0 saturated carbocycles. The maximum Gasteiger partial charge on any atom is 0.325 e. The van der Waals surface area contributed by atoms with E-state index in [9.17, 15) is 14.8 Å². The van der Waals surface area contributed by atoms with E-state index in [1.165, 1.54) is 17.2 Å². The Labute approximate surface area is 188 Å². The number of nitrogens with zero attached hydrogens (tertiary/aromatic N) is 4. The van der Waals surface area contributed by atoms with E-state index in [1.807, 2.05) is 0 Å². The van der Waals surface area contributed by atoms with Crippen molar-refractivity contribution in [1.29, 1.82) is 0 Å². The highest BCUT2D eigenvalue weighted by atomic mass is 32.5. The molecule has 176 valence electrons. The van der Waals surface area contributed by atoms with Gasteiger partial charge in [0.15, 0.2) is 17.7 Å². The number of nitrogens with two attached hydrogens (primary N) is 2. The average molecular weight is 487 g/mol. The summed E-state index contributed by atoms with van der Waals surface area (Å²) in [6.45, 7) is -2.84. The van der Waals surface area contributed by atoms with Crippen LogP contribution in [0.3, 0.4) is 0 Å². The topological polar surface area (TPSA) is 193 Å². The number of anilines is 1. The Morgan fingerprint density at radius 3 is 2.91 bits per heavy atom. The van der Waals surface area contributed by atoms with Crippen LogP contribution in [0, 0.1) is 0 Å². The fourth-order valence-electron chi connectivity index (χ4n) is 3.91. The lowest BCUT2D eigenvalue weighted by molar-refractivity contribution is -0.159. The second-order valence-electron chi connectivity index (χ2n) is 7.68. The van der Waals surface area contributed by atoms with E-state index >= 15 is 0 Å². The van der Waals surface area contributed by atoms with E-state index in [1.54, 1.807) is 0 Å². The summed E-state index contributed by atoms with van der Waals surface area (Å²) < 4.78 is 18.0. The van der Waals surface area contributed by atoms with E-state index in [0.717, 1.165) is 19.3 Å². The predicted molar refractivity (Wildman–Crippen MR) is 116 cm³/mol. The minimum absolute atomic E-state index is 0.139. The number of nitrogen functional groups attached to an aromatic ring is 1. The number of fused-ring (bicyclic) bond motifs is 2. The molecule has 32 heavy (non-hydrogen) atoms. The molecule has 13 nitrogen and oxygen atoms in total. The Morgan fingerprint density at radius 1 is 1.34 bits per heavy atom. The zero-order valence-corrected chi connectivity index (χ0v) is 18.9. The Morgan fingerprint density at radius 2 is 2.12 bits per heavy atom. The second-order valence-corrected chi connectivity index (χ2v) is 10.5. The van der Waals surface area contributed by atoms with Crippen molar-refractivity contribution >= 4 is 41.4 Å². The Hall–Kier alpha value is -1.77. The van der Waals surface area contributed by atoms with Gasteiger partial charge in [0.25, 0.3) is 5.91 Å². The lowest BCUT2D eigenvalue weighted by Crippen LogP contribution is -2.59. The SMILES string of the molecule is NCCCCCCNC(=O)[C@@]1(O)[C@@H]2OP(O)(=S)OC[C@H]2O[C@H]1n1cnc2c(N)ncnc21. The highest BCUT2D eigenvalue weighted by Crippen LogP contribution is 2.55. The number of carbonyl (C=O) groups excluding carboxylic acids is 1. The zero-order chi connectivity index (χ0) is 22.9. The maximum absolute atomic E-state index is 13.3. The van der Waals surface area contributed by atoms with E-state index < -0.39 is 36.7 Å². The van der Waals surface area contributed by atoms with Gasteiger partial charge in [0.2, 0.25) is 5.60 Å². The third kappa shape index (κ3) is 4.24. The molecule has 15 heteroatoms. The van der Waals surface area contributed by atoms with Crippen molar-refractivity contribution in [1.82, 2.24) is 24.8 Å². The molecule has 2 fully saturated rings. The molecule has 1 amide bonds. The number of carbonyl (C=O) groups is 1. The second kappa shape index (κ2) is 9.23. The quantitative estimate of drug-likeness (QED) is 0.233. The molecule has 2 saturated heterocycles. The summed E-state index contributed by atoms with van der Waals surface area (Å²) in [6.07, 6.45) is 2.63. The van der Waals surface area contributed by atoms with Crippen molar-refractivity contribution in [3.63, 3.8) is 0 Å². The maximum atomic E-state index is 13.3. The zero-order valence-electron chi connectivity index (χ0n) is 17.2. The van der Waals surface area contributed by atoms with Crippen LogP contribution >= 0.6 is 6.72 Å². The summed E-state index contributed by atoms with van der Waals surface area (Å²) in [6, 6.07) is 0. The van der Waals surface area contributed by atoms with Crippen LogP contribution in [0.2, 0.25) is 0 Å². The number of rotatable bonds is 8. The van der Waals surface area contributed by atoms with E-state index in [-0.39, 0.29) is 23.6 Å². The Bertz CT molecular complexity index is 1040. The van der Waals surface area contributed by atoms with Crippen LogP contribution in [-0.2, 0) is 30.4 Å².